The van der Waals surface area contributed by atoms with Crippen molar-refractivity contribution in [1.29, 1.82) is 0 Å². The van der Waals surface area contributed by atoms with Crippen LogP contribution in [0.1, 0.15) is 55.7 Å². The monoisotopic (exact) mass is 596 g/mol. The average molecular weight is 597 g/mol. The van der Waals surface area contributed by atoms with E-state index >= 15 is 0 Å². The number of nitrogens with zero attached hydrogens (tertiary/aromatic N) is 3. The molecule has 0 spiro atoms. The summed E-state index contributed by atoms with van der Waals surface area (Å²) in [5, 5.41) is 45.8. The molecular formula is C32H44N4O7. The zero-order valence-electron chi connectivity index (χ0n) is 25.7. The second-order valence-electron chi connectivity index (χ2n) is 13.1. The Kier molecular flexibility index (Phi) is 8.12. The van der Waals surface area contributed by atoms with Crippen LogP contribution in [0.4, 0.5) is 5.69 Å². The van der Waals surface area contributed by atoms with Gasteiger partial charge >= 0.3 is 0 Å². The molecule has 11 heteroatoms. The van der Waals surface area contributed by atoms with Crippen LogP contribution in [0, 0.1) is 17.8 Å². The van der Waals surface area contributed by atoms with E-state index in [1.165, 1.54) is 30.6 Å². The largest absolute Gasteiger partial charge is 0.508 e. The lowest BCUT2D eigenvalue weighted by Gasteiger charge is -2.50. The molecule has 0 bridgehead atoms. The van der Waals surface area contributed by atoms with Gasteiger partial charge in [-0.25, -0.2) is 0 Å². The van der Waals surface area contributed by atoms with Crippen molar-refractivity contribution in [3.8, 4) is 5.75 Å². The number of phenolic OH excluding ortho intramolecular Hbond substituents is 1. The van der Waals surface area contributed by atoms with Crippen LogP contribution in [0.3, 0.4) is 0 Å². The number of benzene rings is 1. The molecule has 0 radical (unpaired) electrons. The number of aliphatic hydroxyl groups is 3. The summed E-state index contributed by atoms with van der Waals surface area (Å²) in [6.07, 6.45) is 5.28. The molecule has 6 N–H and O–H groups in total. The number of hydrogen-bond acceptors (Lipinski definition) is 10. The van der Waals surface area contributed by atoms with Gasteiger partial charge in [-0.1, -0.05) is 19.8 Å². The number of aromatic hydroxyl groups is 1. The highest BCUT2D eigenvalue weighted by molar-refractivity contribution is 6.24. The zero-order chi connectivity index (χ0) is 31.5. The second-order valence-corrected chi connectivity index (χ2v) is 13.1. The molecule has 234 valence electrons. The maximum absolute atomic E-state index is 14.1. The maximum atomic E-state index is 14.1. The predicted molar refractivity (Wildman–Crippen MR) is 161 cm³/mol. The van der Waals surface area contributed by atoms with Gasteiger partial charge in [0.05, 0.1) is 11.6 Å². The highest BCUT2D eigenvalue weighted by Crippen LogP contribution is 2.54. The van der Waals surface area contributed by atoms with Gasteiger partial charge in [0.25, 0.3) is 5.91 Å². The van der Waals surface area contributed by atoms with Crippen molar-refractivity contribution in [2.75, 3.05) is 46.2 Å². The average Bonchev–Trinajstić information content (AvgIpc) is 3.42. The van der Waals surface area contributed by atoms with Crippen molar-refractivity contribution in [3.63, 3.8) is 0 Å². The molecule has 11 nitrogen and oxygen atoms in total. The standard InChI is InChI=1S/C32H44N4O7/c1-6-36(14-16-9-7-8-10-16)15-18-13-21(37)23-19(25(18)34(2)3)11-17-12-20-26(35(4)5)28(39)24(31(33)42)30(41)32(20,43)29(40)22(17)27(23)38/h13,16-17,20,26,37-38,41,43H,6-12,14-15H2,1-5H3,(H2,33,42)/t17-,20-,26-,32-/m0/s1. The zero-order valence-corrected chi connectivity index (χ0v) is 25.7. The summed E-state index contributed by atoms with van der Waals surface area (Å²) in [5.74, 6) is -5.82. The molecular weight excluding hydrogens is 552 g/mol. The molecule has 2 saturated carbocycles. The van der Waals surface area contributed by atoms with E-state index in [0.717, 1.165) is 24.3 Å². The number of likely N-dealkylation sites (N-methyl/N-ethyl adjacent to an activating group) is 1. The van der Waals surface area contributed by atoms with E-state index in [1.54, 1.807) is 20.2 Å². The number of ketones is 2. The smallest absolute Gasteiger partial charge is 0.255 e. The summed E-state index contributed by atoms with van der Waals surface area (Å²) in [5.41, 5.74) is 4.35. The van der Waals surface area contributed by atoms with Crippen LogP contribution >= 0.6 is 0 Å². The van der Waals surface area contributed by atoms with E-state index < -0.39 is 58.0 Å². The first-order valence-electron chi connectivity index (χ1n) is 15.2. The first kappa shape index (κ1) is 31.0. The number of carbonyl (C=O) groups excluding carboxylic acids is 3. The number of aliphatic hydroxyl groups excluding tert-OH is 2. The van der Waals surface area contributed by atoms with Crippen LogP contribution in [-0.2, 0) is 27.3 Å². The molecule has 43 heavy (non-hydrogen) atoms. The molecule has 0 heterocycles. The van der Waals surface area contributed by atoms with Crippen molar-refractivity contribution in [3.05, 3.63) is 39.7 Å². The van der Waals surface area contributed by atoms with Crippen LogP contribution in [0.25, 0.3) is 5.76 Å². The van der Waals surface area contributed by atoms with Crippen LogP contribution in [0.2, 0.25) is 0 Å². The van der Waals surface area contributed by atoms with Crippen molar-refractivity contribution < 1.29 is 34.8 Å². The quantitative estimate of drug-likeness (QED) is 0.280. The molecule has 0 aliphatic heterocycles. The maximum Gasteiger partial charge on any atom is 0.255 e. The lowest BCUT2D eigenvalue weighted by Crippen LogP contribution is -2.65. The van der Waals surface area contributed by atoms with Crippen molar-refractivity contribution in [1.82, 2.24) is 9.80 Å². The summed E-state index contributed by atoms with van der Waals surface area (Å²) in [6, 6.07) is 0.524. The predicted octanol–water partition coefficient (Wildman–Crippen LogP) is 2.04. The van der Waals surface area contributed by atoms with Gasteiger partial charge in [-0.2, -0.15) is 0 Å². The van der Waals surface area contributed by atoms with E-state index in [0.29, 0.717) is 18.0 Å². The number of nitrogens with two attached hydrogens (primary N) is 1. The number of phenols is 1. The number of hydrogen-bond donors (Lipinski definition) is 5. The molecule has 1 aromatic rings. The van der Waals surface area contributed by atoms with Gasteiger partial charge in [0.2, 0.25) is 5.78 Å². The molecule has 0 unspecified atom stereocenters. The third-order valence-corrected chi connectivity index (χ3v) is 10.1. The van der Waals surface area contributed by atoms with Gasteiger partial charge in [0.1, 0.15) is 22.8 Å². The van der Waals surface area contributed by atoms with Crippen LogP contribution in [0.15, 0.2) is 23.0 Å². The van der Waals surface area contributed by atoms with Gasteiger partial charge in [0.15, 0.2) is 11.4 Å². The summed E-state index contributed by atoms with van der Waals surface area (Å²) in [6.45, 7) is 4.55. The Hall–Kier alpha value is -3.41. The highest BCUT2D eigenvalue weighted by Gasteiger charge is 2.64. The lowest BCUT2D eigenvalue weighted by atomic mass is 9.57. The topological polar surface area (TPSA) is 168 Å². The van der Waals surface area contributed by atoms with Crippen molar-refractivity contribution >= 4 is 28.9 Å². The number of Topliss-reactive ketones (excluding diaryl/α,β-unsaturated/α-hetero) is 2. The van der Waals surface area contributed by atoms with Gasteiger partial charge in [-0.05, 0) is 75.4 Å². The SMILES string of the molecule is CCN(Cc1cc(O)c2c(c1N(C)C)C[C@H]1C[C@H]3[C@H](N(C)C)C(=O)C(C(N)=O)=C(O)[C@@]3(O)C(=O)C1=C2O)CC1CCCC1. The van der Waals surface area contributed by atoms with Gasteiger partial charge in [0, 0.05) is 44.4 Å². The number of rotatable bonds is 8. The number of carbonyl (C=O) groups is 3. The van der Waals surface area contributed by atoms with Crippen LogP contribution in [-0.4, -0.2) is 101 Å². The third-order valence-electron chi connectivity index (χ3n) is 10.1. The minimum Gasteiger partial charge on any atom is -0.508 e. The molecule has 2 fully saturated rings. The van der Waals surface area contributed by atoms with Crippen LogP contribution < -0.4 is 10.6 Å². The number of amides is 1. The Morgan fingerprint density at radius 2 is 1.74 bits per heavy atom. The Balaban J connectivity index is 1.63. The normalized spacial score (nSPS) is 27.6. The molecule has 1 amide bonds. The summed E-state index contributed by atoms with van der Waals surface area (Å²) < 4.78 is 0. The van der Waals surface area contributed by atoms with Gasteiger partial charge < -0.3 is 31.1 Å². The van der Waals surface area contributed by atoms with E-state index in [1.807, 2.05) is 19.0 Å². The number of primary amides is 1. The Morgan fingerprint density at radius 1 is 1.09 bits per heavy atom. The van der Waals surface area contributed by atoms with E-state index in [2.05, 4.69) is 11.8 Å². The number of fused-ring (bicyclic) bond motifs is 3. The highest BCUT2D eigenvalue weighted by atomic mass is 16.3. The molecule has 0 aromatic heterocycles. The second kappa shape index (κ2) is 11.3. The lowest BCUT2D eigenvalue weighted by molar-refractivity contribution is -0.153. The molecule has 4 aliphatic rings. The Labute approximate surface area is 252 Å². The fourth-order valence-corrected chi connectivity index (χ4v) is 8.15. The van der Waals surface area contributed by atoms with E-state index in [9.17, 15) is 34.8 Å². The molecule has 0 saturated heterocycles. The van der Waals surface area contributed by atoms with Crippen molar-refractivity contribution in [2.24, 2.45) is 23.5 Å². The van der Waals surface area contributed by atoms with Crippen molar-refractivity contribution in [2.45, 2.75) is 63.6 Å². The van der Waals surface area contributed by atoms with Gasteiger partial charge in [-0.3, -0.25) is 24.2 Å². The first-order chi connectivity index (χ1) is 20.2. The third kappa shape index (κ3) is 4.81. The fourth-order valence-electron chi connectivity index (χ4n) is 8.15. The summed E-state index contributed by atoms with van der Waals surface area (Å²) >= 11 is 0. The number of anilines is 1. The van der Waals surface area contributed by atoms with Crippen LogP contribution in [0.5, 0.6) is 5.75 Å². The first-order valence-corrected chi connectivity index (χ1v) is 15.2. The molecule has 1 aromatic carbocycles. The summed E-state index contributed by atoms with van der Waals surface area (Å²) in [4.78, 5) is 45.5. The molecule has 4 atom stereocenters. The molecule has 5 rings (SSSR count). The van der Waals surface area contributed by atoms with Gasteiger partial charge in [-0.15, -0.1) is 0 Å². The Bertz CT molecular complexity index is 1420. The Morgan fingerprint density at radius 3 is 2.30 bits per heavy atom. The minimum absolute atomic E-state index is 0.0619. The van der Waals surface area contributed by atoms with E-state index in [4.69, 9.17) is 5.73 Å². The fraction of sp³-hybridized carbons (Fsp3) is 0.594. The summed E-state index contributed by atoms with van der Waals surface area (Å²) in [7, 11) is 6.99. The van der Waals surface area contributed by atoms with E-state index in [-0.39, 0.29) is 29.7 Å². The minimum atomic E-state index is -2.65. The molecule has 4 aliphatic carbocycles.